The molecule has 2 aliphatic rings. The van der Waals surface area contributed by atoms with Gasteiger partial charge in [0.15, 0.2) is 0 Å². The molecule has 0 bridgehead atoms. The summed E-state index contributed by atoms with van der Waals surface area (Å²) in [6, 6.07) is 4.54. The van der Waals surface area contributed by atoms with E-state index in [1.807, 2.05) is 0 Å². The summed E-state index contributed by atoms with van der Waals surface area (Å²) in [4.78, 5) is 40.8. The Morgan fingerprint density at radius 2 is 1.89 bits per heavy atom. The van der Waals surface area contributed by atoms with Gasteiger partial charge in [0.1, 0.15) is 5.82 Å². The van der Waals surface area contributed by atoms with Crippen LogP contribution in [0, 0.1) is 11.7 Å². The number of hydrogen-bond acceptors (Lipinski definition) is 5. The molecule has 9 nitrogen and oxygen atoms in total. The van der Waals surface area contributed by atoms with Gasteiger partial charge in [-0.15, -0.1) is 0 Å². The fourth-order valence-electron chi connectivity index (χ4n) is 5.69. The van der Waals surface area contributed by atoms with Gasteiger partial charge in [0.25, 0.3) is 5.91 Å². The molecule has 0 aromatic heterocycles. The molecule has 3 rings (SSSR count). The minimum Gasteiger partial charge on any atom is -0.453 e. The number of rotatable bonds is 11. The first kappa shape index (κ1) is 28.7. The second-order valence-corrected chi connectivity index (χ2v) is 10.5. The van der Waals surface area contributed by atoms with E-state index in [2.05, 4.69) is 39.6 Å². The topological polar surface area (TPSA) is 103 Å². The molecule has 1 aliphatic heterocycles. The van der Waals surface area contributed by atoms with Crippen LogP contribution in [0.25, 0.3) is 0 Å². The van der Waals surface area contributed by atoms with Crippen molar-refractivity contribution in [2.24, 2.45) is 5.92 Å². The molecular weight excluding hydrogens is 477 g/mol. The number of carbonyl (C=O) groups excluding carboxylic acids is 3. The number of methoxy groups -OCH3 is 1. The number of benzene rings is 1. The maximum absolute atomic E-state index is 14.2. The first-order valence-electron chi connectivity index (χ1n) is 13.3. The van der Waals surface area contributed by atoms with Crippen molar-refractivity contribution in [3.63, 3.8) is 0 Å². The van der Waals surface area contributed by atoms with E-state index in [1.165, 1.54) is 51.0 Å². The molecule has 3 N–H and O–H groups in total. The van der Waals surface area contributed by atoms with Gasteiger partial charge in [-0.2, -0.15) is 0 Å². The quantitative estimate of drug-likeness (QED) is 0.389. The molecule has 1 aliphatic carbocycles. The predicted octanol–water partition coefficient (Wildman–Crippen LogP) is 3.44. The Bertz CT molecular complexity index is 961. The van der Waals surface area contributed by atoms with Crippen molar-refractivity contribution in [2.45, 2.75) is 63.5 Å². The molecule has 0 saturated heterocycles. The molecule has 1 aromatic rings. The number of amides is 4. The highest BCUT2D eigenvalue weighted by atomic mass is 19.1. The minimum atomic E-state index is -0.835. The third kappa shape index (κ3) is 7.34. The van der Waals surface area contributed by atoms with Gasteiger partial charge < -0.3 is 30.5 Å². The van der Waals surface area contributed by atoms with E-state index in [4.69, 9.17) is 0 Å². The summed E-state index contributed by atoms with van der Waals surface area (Å²) in [5.74, 6) is -0.0108. The predicted molar refractivity (Wildman–Crippen MR) is 140 cm³/mol. The first-order chi connectivity index (χ1) is 17.7. The van der Waals surface area contributed by atoms with Crippen LogP contribution >= 0.6 is 0 Å². The van der Waals surface area contributed by atoms with E-state index in [0.29, 0.717) is 62.0 Å². The molecule has 1 aromatic carbocycles. The third-order valence-electron chi connectivity index (χ3n) is 7.92. The molecular formula is C27H42FN5O4. The molecule has 2 unspecified atom stereocenters. The van der Waals surface area contributed by atoms with E-state index >= 15 is 0 Å². The summed E-state index contributed by atoms with van der Waals surface area (Å²) >= 11 is 0. The number of carbonyl (C=O) groups is 3. The molecule has 0 radical (unpaired) electrons. The summed E-state index contributed by atoms with van der Waals surface area (Å²) in [5.41, 5.74) is 0.195. The first-order valence-corrected chi connectivity index (χ1v) is 13.3. The standard InChI is InChI=1S/C27H42FN5O4/c1-19-8-5-6-9-23(19)32(2)17-15-29-25(35)33(3)16-13-27(12-7-14-30-26(36)37-4)22-18-20(28)10-11-21(22)24(34)31-27/h10-11,18-19,23H,5-9,12-17H2,1-4H3,(H,29,35)(H,30,36)(H,31,34)/t19?,23?,27-/m1/s1. The number of fused-ring (bicyclic) bond motifs is 1. The summed E-state index contributed by atoms with van der Waals surface area (Å²) < 4.78 is 18.8. The van der Waals surface area contributed by atoms with Gasteiger partial charge in [0.2, 0.25) is 0 Å². The van der Waals surface area contributed by atoms with Crippen LogP contribution in [0.2, 0.25) is 0 Å². The molecule has 1 saturated carbocycles. The Morgan fingerprint density at radius 3 is 2.62 bits per heavy atom. The van der Waals surface area contributed by atoms with E-state index < -0.39 is 17.4 Å². The highest BCUT2D eigenvalue weighted by Crippen LogP contribution is 2.38. The normalized spacial score (nSPS) is 22.8. The zero-order valence-electron chi connectivity index (χ0n) is 22.6. The van der Waals surface area contributed by atoms with E-state index in [0.717, 1.165) is 6.54 Å². The molecule has 3 atom stereocenters. The van der Waals surface area contributed by atoms with Crippen molar-refractivity contribution in [1.29, 1.82) is 0 Å². The van der Waals surface area contributed by atoms with Gasteiger partial charge in [-0.05, 0) is 68.8 Å². The van der Waals surface area contributed by atoms with E-state index in [9.17, 15) is 18.8 Å². The number of nitrogens with zero attached hydrogens (tertiary/aromatic N) is 2. The lowest BCUT2D eigenvalue weighted by Crippen LogP contribution is -2.47. The van der Waals surface area contributed by atoms with Crippen LogP contribution < -0.4 is 16.0 Å². The number of hydrogen-bond donors (Lipinski definition) is 3. The van der Waals surface area contributed by atoms with Crippen LogP contribution in [0.4, 0.5) is 14.0 Å². The fraction of sp³-hybridized carbons (Fsp3) is 0.667. The molecule has 0 spiro atoms. The summed E-state index contributed by atoms with van der Waals surface area (Å²) in [7, 11) is 5.14. The zero-order valence-corrected chi connectivity index (χ0v) is 22.6. The fourth-order valence-corrected chi connectivity index (χ4v) is 5.69. The largest absolute Gasteiger partial charge is 0.453 e. The summed E-state index contributed by atoms with van der Waals surface area (Å²) in [6.45, 7) is 4.35. The Kier molecular flexibility index (Phi) is 10.1. The van der Waals surface area contributed by atoms with Crippen LogP contribution in [-0.2, 0) is 10.3 Å². The molecule has 1 fully saturated rings. The van der Waals surface area contributed by atoms with E-state index in [-0.39, 0.29) is 11.9 Å². The van der Waals surface area contributed by atoms with Crippen LogP contribution in [0.5, 0.6) is 0 Å². The van der Waals surface area contributed by atoms with Gasteiger partial charge in [0.05, 0.1) is 12.6 Å². The SMILES string of the molecule is COC(=O)NCCC[C@]1(CCN(C)C(=O)NCCN(C)C2CCCCC2C)NC(=O)c2ccc(F)cc21. The van der Waals surface area contributed by atoms with Gasteiger partial charge in [-0.1, -0.05) is 19.8 Å². The average molecular weight is 520 g/mol. The Morgan fingerprint density at radius 1 is 1.14 bits per heavy atom. The van der Waals surface area contributed by atoms with Gasteiger partial charge in [-0.25, -0.2) is 14.0 Å². The molecule has 4 amide bonds. The third-order valence-corrected chi connectivity index (χ3v) is 7.92. The summed E-state index contributed by atoms with van der Waals surface area (Å²) in [6.07, 6.45) is 5.91. The molecule has 10 heteroatoms. The Balaban J connectivity index is 1.57. The maximum atomic E-state index is 14.2. The lowest BCUT2D eigenvalue weighted by Gasteiger charge is -2.36. The van der Waals surface area contributed by atoms with Crippen molar-refractivity contribution in [3.8, 4) is 0 Å². The number of urea groups is 1. The lowest BCUT2D eigenvalue weighted by molar-refractivity contribution is 0.0915. The van der Waals surface area contributed by atoms with Crippen LogP contribution in [0.1, 0.15) is 67.8 Å². The van der Waals surface area contributed by atoms with Gasteiger partial charge in [-0.3, -0.25) is 4.79 Å². The highest BCUT2D eigenvalue weighted by molar-refractivity contribution is 6.00. The second-order valence-electron chi connectivity index (χ2n) is 10.5. The average Bonchev–Trinajstić information content (AvgIpc) is 3.15. The molecule has 1 heterocycles. The van der Waals surface area contributed by atoms with Crippen molar-refractivity contribution in [1.82, 2.24) is 25.8 Å². The van der Waals surface area contributed by atoms with Crippen LogP contribution in [0.15, 0.2) is 18.2 Å². The van der Waals surface area contributed by atoms with Crippen LogP contribution in [-0.4, -0.2) is 81.3 Å². The summed E-state index contributed by atoms with van der Waals surface area (Å²) in [5, 5.41) is 8.68. The number of alkyl carbamates (subject to hydrolysis) is 1. The van der Waals surface area contributed by atoms with Crippen LogP contribution in [0.3, 0.4) is 0 Å². The van der Waals surface area contributed by atoms with E-state index in [1.54, 1.807) is 11.9 Å². The Hall–Kier alpha value is -2.88. The lowest BCUT2D eigenvalue weighted by atomic mass is 9.83. The number of halogens is 1. The number of likely N-dealkylation sites (N-methyl/N-ethyl adjacent to an activating group) is 1. The second kappa shape index (κ2) is 13.1. The molecule has 37 heavy (non-hydrogen) atoms. The monoisotopic (exact) mass is 519 g/mol. The van der Waals surface area contributed by atoms with Gasteiger partial charge in [0, 0.05) is 44.8 Å². The van der Waals surface area contributed by atoms with Crippen molar-refractivity contribution in [3.05, 3.63) is 35.1 Å². The number of ether oxygens (including phenoxy) is 1. The van der Waals surface area contributed by atoms with Crippen molar-refractivity contribution >= 4 is 18.0 Å². The smallest absolute Gasteiger partial charge is 0.406 e. The highest BCUT2D eigenvalue weighted by Gasteiger charge is 2.42. The zero-order chi connectivity index (χ0) is 27.0. The van der Waals surface area contributed by atoms with Gasteiger partial charge >= 0.3 is 12.1 Å². The van der Waals surface area contributed by atoms with Crippen molar-refractivity contribution < 1.29 is 23.5 Å². The minimum absolute atomic E-state index is 0.184. The Labute approximate surface area is 219 Å². The number of nitrogens with one attached hydrogen (secondary N) is 3. The van der Waals surface area contributed by atoms with Crippen molar-refractivity contribution in [2.75, 3.05) is 47.4 Å². The maximum Gasteiger partial charge on any atom is 0.406 e. The molecule has 206 valence electrons.